The van der Waals surface area contributed by atoms with Crippen molar-refractivity contribution in [3.63, 3.8) is 0 Å². The molecule has 1 amide bonds. The number of amides is 1. The van der Waals surface area contributed by atoms with E-state index in [9.17, 15) is 13.6 Å². The Morgan fingerprint density at radius 2 is 1.85 bits per heavy atom. The first-order chi connectivity index (χ1) is 13.0. The van der Waals surface area contributed by atoms with Gasteiger partial charge in [-0.1, -0.05) is 17.7 Å². The summed E-state index contributed by atoms with van der Waals surface area (Å²) < 4.78 is 32.7. The fourth-order valence-electron chi connectivity index (χ4n) is 2.37. The van der Waals surface area contributed by atoms with E-state index in [0.717, 1.165) is 12.1 Å². The number of methoxy groups -OCH3 is 1. The van der Waals surface area contributed by atoms with Gasteiger partial charge in [0.05, 0.1) is 30.2 Å². The number of anilines is 3. The number of nitrogens with one attached hydrogen (secondary N) is 2. The number of halogens is 3. The van der Waals surface area contributed by atoms with Crippen LogP contribution in [0.4, 0.5) is 25.8 Å². The van der Waals surface area contributed by atoms with E-state index in [2.05, 4.69) is 15.6 Å². The molecule has 2 N–H and O–H groups in total. The van der Waals surface area contributed by atoms with E-state index in [1.54, 1.807) is 18.2 Å². The predicted octanol–water partition coefficient (Wildman–Crippen LogP) is 5.02. The Labute approximate surface area is 159 Å². The average Bonchev–Trinajstić information content (AvgIpc) is 2.65. The van der Waals surface area contributed by atoms with Crippen LogP contribution >= 0.6 is 11.6 Å². The molecule has 8 heteroatoms. The molecule has 0 aliphatic rings. The molecule has 0 saturated heterocycles. The van der Waals surface area contributed by atoms with Crippen molar-refractivity contribution >= 4 is 34.6 Å². The fraction of sp³-hybridized carbons (Fsp3) is 0.0526. The maximum atomic E-state index is 13.8. The smallest absolute Gasteiger partial charge is 0.257 e. The molecule has 0 radical (unpaired) electrons. The molecule has 3 rings (SSSR count). The minimum Gasteiger partial charge on any atom is -0.495 e. The number of rotatable bonds is 5. The summed E-state index contributed by atoms with van der Waals surface area (Å²) in [5.41, 5.74) is 0.491. The van der Waals surface area contributed by atoms with E-state index in [1.165, 1.54) is 31.6 Å². The van der Waals surface area contributed by atoms with E-state index >= 15 is 0 Å². The summed E-state index contributed by atoms with van der Waals surface area (Å²) in [6.45, 7) is 0. The molecule has 2 aromatic carbocycles. The maximum absolute atomic E-state index is 13.8. The van der Waals surface area contributed by atoms with Crippen LogP contribution in [0, 0.1) is 11.6 Å². The van der Waals surface area contributed by atoms with E-state index in [0.29, 0.717) is 16.5 Å². The van der Waals surface area contributed by atoms with Gasteiger partial charge in [0.2, 0.25) is 0 Å². The molecule has 0 saturated carbocycles. The highest BCUT2D eigenvalue weighted by molar-refractivity contribution is 6.31. The highest BCUT2D eigenvalue weighted by atomic mass is 35.5. The summed E-state index contributed by atoms with van der Waals surface area (Å²) in [5.74, 6) is -1.56. The second kappa shape index (κ2) is 8.01. The molecule has 27 heavy (non-hydrogen) atoms. The maximum Gasteiger partial charge on any atom is 0.257 e. The predicted molar refractivity (Wildman–Crippen MR) is 99.8 cm³/mol. The monoisotopic (exact) mass is 389 g/mol. The highest BCUT2D eigenvalue weighted by Gasteiger charge is 2.13. The minimum absolute atomic E-state index is 0.179. The number of carbonyl (C=O) groups is 1. The summed E-state index contributed by atoms with van der Waals surface area (Å²) in [5, 5.41) is 5.69. The third-order valence-corrected chi connectivity index (χ3v) is 3.88. The van der Waals surface area contributed by atoms with Crippen molar-refractivity contribution in [3.05, 3.63) is 77.1 Å². The number of carbonyl (C=O) groups excluding carboxylic acids is 1. The Balaban J connectivity index is 1.83. The van der Waals surface area contributed by atoms with Crippen molar-refractivity contribution in [3.8, 4) is 5.75 Å². The van der Waals surface area contributed by atoms with Crippen LogP contribution in [0.15, 0.2) is 54.9 Å². The first-order valence-electron chi connectivity index (χ1n) is 7.79. The van der Waals surface area contributed by atoms with Crippen LogP contribution < -0.4 is 15.4 Å². The van der Waals surface area contributed by atoms with Crippen molar-refractivity contribution < 1.29 is 18.3 Å². The molecule has 0 unspecified atom stereocenters. The quantitative estimate of drug-likeness (QED) is 0.643. The Morgan fingerprint density at radius 1 is 1.11 bits per heavy atom. The molecule has 1 aromatic heterocycles. The zero-order valence-corrected chi connectivity index (χ0v) is 14.8. The zero-order valence-electron chi connectivity index (χ0n) is 14.1. The van der Waals surface area contributed by atoms with Gasteiger partial charge in [-0.2, -0.15) is 0 Å². The molecule has 0 spiro atoms. The number of hydrogen-bond donors (Lipinski definition) is 2. The normalized spacial score (nSPS) is 10.4. The SMILES string of the molecule is COc1ccc(Cl)cc1NC(=O)c1cncc(Nc2c(F)cccc2F)c1. The van der Waals surface area contributed by atoms with Crippen LogP contribution in [0.3, 0.4) is 0 Å². The van der Waals surface area contributed by atoms with Gasteiger partial charge in [0.15, 0.2) is 0 Å². The summed E-state index contributed by atoms with van der Waals surface area (Å²) in [7, 11) is 1.47. The first kappa shape index (κ1) is 18.6. The molecule has 0 fully saturated rings. The third-order valence-electron chi connectivity index (χ3n) is 3.64. The summed E-state index contributed by atoms with van der Waals surface area (Å²) in [4.78, 5) is 16.4. The number of para-hydroxylation sites is 1. The van der Waals surface area contributed by atoms with Crippen molar-refractivity contribution in [2.24, 2.45) is 0 Å². The van der Waals surface area contributed by atoms with Gasteiger partial charge in [-0.25, -0.2) is 8.78 Å². The van der Waals surface area contributed by atoms with Gasteiger partial charge in [-0.3, -0.25) is 9.78 Å². The highest BCUT2D eigenvalue weighted by Crippen LogP contribution is 2.28. The topological polar surface area (TPSA) is 63.2 Å². The van der Waals surface area contributed by atoms with E-state index in [-0.39, 0.29) is 16.9 Å². The van der Waals surface area contributed by atoms with Gasteiger partial charge in [0.1, 0.15) is 23.1 Å². The zero-order chi connectivity index (χ0) is 19.4. The van der Waals surface area contributed by atoms with Gasteiger partial charge < -0.3 is 15.4 Å². The lowest BCUT2D eigenvalue weighted by molar-refractivity contribution is 0.102. The lowest BCUT2D eigenvalue weighted by Gasteiger charge is -2.12. The largest absolute Gasteiger partial charge is 0.495 e. The number of hydrogen-bond acceptors (Lipinski definition) is 4. The molecule has 138 valence electrons. The van der Waals surface area contributed by atoms with Crippen LogP contribution in [-0.4, -0.2) is 18.0 Å². The van der Waals surface area contributed by atoms with Gasteiger partial charge in [0.25, 0.3) is 5.91 Å². The van der Waals surface area contributed by atoms with Crippen LogP contribution in [-0.2, 0) is 0 Å². The molecule has 0 atom stereocenters. The van der Waals surface area contributed by atoms with Crippen LogP contribution in [0.2, 0.25) is 5.02 Å². The second-order valence-electron chi connectivity index (χ2n) is 5.48. The van der Waals surface area contributed by atoms with Gasteiger partial charge in [0, 0.05) is 11.2 Å². The molecule has 1 heterocycles. The molecule has 0 aliphatic heterocycles. The van der Waals surface area contributed by atoms with E-state index < -0.39 is 17.5 Å². The fourth-order valence-corrected chi connectivity index (χ4v) is 2.54. The molecular formula is C19H14ClF2N3O2. The van der Waals surface area contributed by atoms with Crippen LogP contribution in [0.25, 0.3) is 0 Å². The lowest BCUT2D eigenvalue weighted by atomic mass is 10.2. The number of benzene rings is 2. The van der Waals surface area contributed by atoms with Crippen molar-refractivity contribution in [2.75, 3.05) is 17.7 Å². The lowest BCUT2D eigenvalue weighted by Crippen LogP contribution is -2.13. The van der Waals surface area contributed by atoms with Crippen LogP contribution in [0.1, 0.15) is 10.4 Å². The standard InChI is InChI=1S/C19H14ClF2N3O2/c1-27-17-6-5-12(20)8-16(17)25-19(26)11-7-13(10-23-9-11)24-18-14(21)3-2-4-15(18)22/h2-10,24H,1H3,(H,25,26). The van der Waals surface area contributed by atoms with Crippen molar-refractivity contribution in [2.45, 2.75) is 0 Å². The van der Waals surface area contributed by atoms with Crippen molar-refractivity contribution in [1.82, 2.24) is 4.98 Å². The van der Waals surface area contributed by atoms with Crippen molar-refractivity contribution in [1.29, 1.82) is 0 Å². The molecule has 3 aromatic rings. The molecule has 5 nitrogen and oxygen atoms in total. The minimum atomic E-state index is -0.756. The Kier molecular flexibility index (Phi) is 5.52. The number of nitrogens with zero attached hydrogens (tertiary/aromatic N) is 1. The van der Waals surface area contributed by atoms with Gasteiger partial charge in [-0.15, -0.1) is 0 Å². The molecular weight excluding hydrogens is 376 g/mol. The van der Waals surface area contributed by atoms with Gasteiger partial charge in [-0.05, 0) is 36.4 Å². The Hall–Kier alpha value is -3.19. The average molecular weight is 390 g/mol. The van der Waals surface area contributed by atoms with E-state index in [4.69, 9.17) is 16.3 Å². The van der Waals surface area contributed by atoms with E-state index in [1.807, 2.05) is 0 Å². The molecule has 0 aliphatic carbocycles. The second-order valence-corrected chi connectivity index (χ2v) is 5.92. The Bertz CT molecular complexity index is 978. The Morgan fingerprint density at radius 3 is 2.56 bits per heavy atom. The van der Waals surface area contributed by atoms with Crippen LogP contribution in [0.5, 0.6) is 5.75 Å². The molecule has 0 bridgehead atoms. The first-order valence-corrected chi connectivity index (χ1v) is 8.16. The number of ether oxygens (including phenoxy) is 1. The summed E-state index contributed by atoms with van der Waals surface area (Å²) in [6.07, 6.45) is 2.68. The number of aromatic nitrogens is 1. The summed E-state index contributed by atoms with van der Waals surface area (Å²) in [6, 6.07) is 9.73. The summed E-state index contributed by atoms with van der Waals surface area (Å²) >= 11 is 5.95. The number of pyridine rings is 1. The van der Waals surface area contributed by atoms with Gasteiger partial charge >= 0.3 is 0 Å². The third kappa shape index (κ3) is 4.32.